The Kier molecular flexibility index (Phi) is 6.04. The monoisotopic (exact) mass is 333 g/mol. The minimum absolute atomic E-state index is 0.228. The predicted octanol–water partition coefficient (Wildman–Crippen LogP) is 4.23. The molecule has 0 unspecified atom stereocenters. The molecule has 0 bridgehead atoms. The zero-order valence-corrected chi connectivity index (χ0v) is 14.4. The lowest BCUT2D eigenvalue weighted by molar-refractivity contribution is 0.309. The first-order chi connectivity index (χ1) is 11.1. The molecule has 0 atom stereocenters. The highest BCUT2D eigenvalue weighted by atomic mass is 32.2. The van der Waals surface area contributed by atoms with Crippen LogP contribution in [0.5, 0.6) is 5.75 Å². The molecule has 0 amide bonds. The van der Waals surface area contributed by atoms with Gasteiger partial charge in [-0.05, 0) is 48.7 Å². The van der Waals surface area contributed by atoms with Gasteiger partial charge in [-0.15, -0.1) is 0 Å². The second-order valence-corrected chi connectivity index (χ2v) is 6.97. The van der Waals surface area contributed by atoms with E-state index in [4.69, 9.17) is 4.74 Å². The van der Waals surface area contributed by atoms with Gasteiger partial charge in [0, 0.05) is 0 Å². The van der Waals surface area contributed by atoms with Gasteiger partial charge in [-0.2, -0.15) is 0 Å². The third kappa shape index (κ3) is 4.73. The fraction of sp³-hybridized carbons (Fsp3) is 0.333. The van der Waals surface area contributed by atoms with Crippen LogP contribution in [0.4, 0.5) is 5.69 Å². The summed E-state index contributed by atoms with van der Waals surface area (Å²) >= 11 is 0. The highest BCUT2D eigenvalue weighted by Gasteiger charge is 2.15. The van der Waals surface area contributed by atoms with E-state index in [9.17, 15) is 8.42 Å². The van der Waals surface area contributed by atoms with E-state index in [0.29, 0.717) is 18.0 Å². The topological polar surface area (TPSA) is 55.4 Å². The largest absolute Gasteiger partial charge is 0.494 e. The molecule has 0 fully saturated rings. The van der Waals surface area contributed by atoms with Crippen LogP contribution in [-0.2, 0) is 16.4 Å². The molecule has 2 aromatic rings. The highest BCUT2D eigenvalue weighted by Crippen LogP contribution is 2.22. The Hall–Kier alpha value is -2.01. The summed E-state index contributed by atoms with van der Waals surface area (Å²) in [6.45, 7) is 4.74. The lowest BCUT2D eigenvalue weighted by Crippen LogP contribution is -2.14. The molecule has 0 aromatic heterocycles. The lowest BCUT2D eigenvalue weighted by Gasteiger charge is -2.12. The molecule has 0 aliphatic carbocycles. The summed E-state index contributed by atoms with van der Waals surface area (Å²) in [4.78, 5) is 0.228. The fourth-order valence-electron chi connectivity index (χ4n) is 2.18. The summed E-state index contributed by atoms with van der Waals surface area (Å²) in [6.07, 6.45) is 2.81. The van der Waals surface area contributed by atoms with E-state index in [1.165, 1.54) is 0 Å². The Morgan fingerprint density at radius 1 is 1.00 bits per heavy atom. The van der Waals surface area contributed by atoms with Crippen LogP contribution in [0, 0.1) is 0 Å². The van der Waals surface area contributed by atoms with Crippen LogP contribution in [-0.4, -0.2) is 15.0 Å². The smallest absolute Gasteiger partial charge is 0.261 e. The molecular weight excluding hydrogens is 310 g/mol. The van der Waals surface area contributed by atoms with Crippen LogP contribution in [0.15, 0.2) is 53.4 Å². The predicted molar refractivity (Wildman–Crippen MR) is 93.5 cm³/mol. The Bertz CT molecular complexity index is 724. The van der Waals surface area contributed by atoms with Crippen LogP contribution in [0.2, 0.25) is 0 Å². The normalized spacial score (nSPS) is 11.2. The molecule has 2 aromatic carbocycles. The van der Waals surface area contributed by atoms with Gasteiger partial charge in [0.1, 0.15) is 5.75 Å². The van der Waals surface area contributed by atoms with E-state index in [0.717, 1.165) is 24.8 Å². The molecule has 0 saturated heterocycles. The quantitative estimate of drug-likeness (QED) is 0.736. The van der Waals surface area contributed by atoms with Gasteiger partial charge in [0.2, 0.25) is 0 Å². The van der Waals surface area contributed by atoms with Crippen LogP contribution >= 0.6 is 0 Å². The highest BCUT2D eigenvalue weighted by molar-refractivity contribution is 7.92. The van der Waals surface area contributed by atoms with E-state index >= 15 is 0 Å². The van der Waals surface area contributed by atoms with Gasteiger partial charge in [-0.3, -0.25) is 4.72 Å². The third-order valence-electron chi connectivity index (χ3n) is 3.54. The molecule has 0 radical (unpaired) electrons. The van der Waals surface area contributed by atoms with Crippen molar-refractivity contribution >= 4 is 15.7 Å². The summed E-state index contributed by atoms with van der Waals surface area (Å²) in [6, 6.07) is 13.9. The number of para-hydroxylation sites is 1. The zero-order chi connectivity index (χ0) is 16.7. The third-order valence-corrected chi connectivity index (χ3v) is 4.92. The van der Waals surface area contributed by atoms with E-state index in [-0.39, 0.29) is 4.90 Å². The number of sulfonamides is 1. The maximum Gasteiger partial charge on any atom is 0.261 e. The Labute approximate surface area is 138 Å². The average Bonchev–Trinajstić information content (AvgIpc) is 2.56. The van der Waals surface area contributed by atoms with Crippen molar-refractivity contribution in [2.75, 3.05) is 11.3 Å². The van der Waals surface area contributed by atoms with E-state index in [2.05, 4.69) is 11.6 Å². The summed E-state index contributed by atoms with van der Waals surface area (Å²) in [5.41, 5.74) is 1.59. The molecule has 1 N–H and O–H groups in total. The van der Waals surface area contributed by atoms with E-state index < -0.39 is 10.0 Å². The number of ether oxygens (including phenoxy) is 1. The molecule has 0 aliphatic rings. The van der Waals surface area contributed by atoms with Crippen molar-refractivity contribution < 1.29 is 13.2 Å². The van der Waals surface area contributed by atoms with Crippen molar-refractivity contribution in [1.29, 1.82) is 0 Å². The first-order valence-corrected chi connectivity index (χ1v) is 9.38. The molecule has 23 heavy (non-hydrogen) atoms. The number of rotatable bonds is 8. The van der Waals surface area contributed by atoms with Crippen LogP contribution in [0.3, 0.4) is 0 Å². The summed E-state index contributed by atoms with van der Waals surface area (Å²) in [5.74, 6) is 0.686. The molecule has 124 valence electrons. The number of unbranched alkanes of at least 4 members (excludes halogenated alkanes) is 1. The van der Waals surface area contributed by atoms with Gasteiger partial charge in [0.05, 0.1) is 17.2 Å². The summed E-state index contributed by atoms with van der Waals surface area (Å²) in [7, 11) is -3.59. The van der Waals surface area contributed by atoms with Crippen LogP contribution < -0.4 is 9.46 Å². The molecular formula is C18H23NO3S. The van der Waals surface area contributed by atoms with Crippen molar-refractivity contribution in [2.24, 2.45) is 0 Å². The Balaban J connectivity index is 2.13. The van der Waals surface area contributed by atoms with Crippen molar-refractivity contribution in [3.8, 4) is 5.75 Å². The van der Waals surface area contributed by atoms with Gasteiger partial charge < -0.3 is 4.74 Å². The first kappa shape index (κ1) is 17.3. The number of benzene rings is 2. The van der Waals surface area contributed by atoms with Crippen molar-refractivity contribution in [1.82, 2.24) is 0 Å². The minimum atomic E-state index is -3.59. The SMILES string of the molecule is CCCCOc1ccc(S(=O)(=O)Nc2ccccc2CC)cc1. The molecule has 0 heterocycles. The first-order valence-electron chi connectivity index (χ1n) is 7.90. The van der Waals surface area contributed by atoms with Gasteiger partial charge >= 0.3 is 0 Å². The number of nitrogens with one attached hydrogen (secondary N) is 1. The van der Waals surface area contributed by atoms with Crippen molar-refractivity contribution in [3.05, 3.63) is 54.1 Å². The Morgan fingerprint density at radius 2 is 1.70 bits per heavy atom. The number of hydrogen-bond donors (Lipinski definition) is 1. The van der Waals surface area contributed by atoms with Crippen molar-refractivity contribution in [2.45, 2.75) is 38.0 Å². The average molecular weight is 333 g/mol. The summed E-state index contributed by atoms with van der Waals surface area (Å²) < 4.78 is 33.2. The van der Waals surface area contributed by atoms with Gasteiger partial charge in [-0.1, -0.05) is 38.5 Å². The zero-order valence-electron chi connectivity index (χ0n) is 13.6. The molecule has 0 aliphatic heterocycles. The second kappa shape index (κ2) is 8.02. The minimum Gasteiger partial charge on any atom is -0.494 e. The number of aryl methyl sites for hydroxylation is 1. The standard InChI is InChI=1S/C18H23NO3S/c1-3-5-14-22-16-10-12-17(13-11-16)23(20,21)19-18-9-7-6-8-15(18)4-2/h6-13,19H,3-5,14H2,1-2H3. The maximum atomic E-state index is 12.5. The fourth-order valence-corrected chi connectivity index (χ4v) is 3.28. The van der Waals surface area contributed by atoms with E-state index in [1.807, 2.05) is 25.1 Å². The second-order valence-electron chi connectivity index (χ2n) is 5.29. The lowest BCUT2D eigenvalue weighted by atomic mass is 10.1. The Morgan fingerprint density at radius 3 is 2.35 bits per heavy atom. The van der Waals surface area contributed by atoms with Gasteiger partial charge in [-0.25, -0.2) is 8.42 Å². The summed E-state index contributed by atoms with van der Waals surface area (Å²) in [5, 5.41) is 0. The molecule has 0 spiro atoms. The molecule has 5 heteroatoms. The van der Waals surface area contributed by atoms with Crippen molar-refractivity contribution in [3.63, 3.8) is 0 Å². The van der Waals surface area contributed by atoms with Crippen LogP contribution in [0.1, 0.15) is 32.3 Å². The van der Waals surface area contributed by atoms with Crippen LogP contribution in [0.25, 0.3) is 0 Å². The molecule has 4 nitrogen and oxygen atoms in total. The number of hydrogen-bond acceptors (Lipinski definition) is 3. The number of anilines is 1. The molecule has 2 rings (SSSR count). The van der Waals surface area contributed by atoms with Gasteiger partial charge in [0.25, 0.3) is 10.0 Å². The maximum absolute atomic E-state index is 12.5. The van der Waals surface area contributed by atoms with Gasteiger partial charge in [0.15, 0.2) is 0 Å². The van der Waals surface area contributed by atoms with E-state index in [1.54, 1.807) is 30.3 Å². The molecule has 0 saturated carbocycles.